The molecule has 0 radical (unpaired) electrons. The van der Waals surface area contributed by atoms with Gasteiger partial charge in [-0.2, -0.15) is 0 Å². The molecular weight excluding hydrogens is 191 g/mol. The van der Waals surface area contributed by atoms with Crippen LogP contribution in [0.15, 0.2) is 4.99 Å². The summed E-state index contributed by atoms with van der Waals surface area (Å²) in [7, 11) is -0.629. The average Bonchev–Trinajstić information content (AvgIpc) is 2.11. The van der Waals surface area contributed by atoms with Crippen LogP contribution in [0.3, 0.4) is 0 Å². The van der Waals surface area contributed by atoms with Gasteiger partial charge in [-0.15, -0.1) is 0 Å². The Morgan fingerprint density at radius 2 is 2.23 bits per heavy atom. The maximum atomic E-state index is 8.60. The number of nitrogens with two attached hydrogens (primary N) is 1. The van der Waals surface area contributed by atoms with Crippen molar-refractivity contribution in [1.29, 1.82) is 5.41 Å². The molecule has 76 valence electrons. The second kappa shape index (κ2) is 6.77. The molecule has 0 atom stereocenters. The minimum atomic E-state index is -2.20. The minimum absolute atomic E-state index is 0.0243. The van der Waals surface area contributed by atoms with Gasteiger partial charge in [0.2, 0.25) is 8.38 Å². The van der Waals surface area contributed by atoms with Crippen LogP contribution in [0.5, 0.6) is 0 Å². The van der Waals surface area contributed by atoms with E-state index in [4.69, 9.17) is 20.9 Å². The van der Waals surface area contributed by atoms with Crippen LogP contribution in [0.4, 0.5) is 0 Å². The van der Waals surface area contributed by atoms with Crippen molar-refractivity contribution in [2.45, 2.75) is 12.8 Å². The molecule has 0 aliphatic rings. The monoisotopic (exact) mass is 206 g/mol. The summed E-state index contributed by atoms with van der Waals surface area (Å²) in [6, 6.07) is 0. The van der Waals surface area contributed by atoms with E-state index in [0.717, 1.165) is 0 Å². The highest BCUT2D eigenvalue weighted by Crippen LogP contribution is 2.26. The molecule has 0 aromatic carbocycles. The summed E-state index contributed by atoms with van der Waals surface area (Å²) in [5, 5.41) is 9.92. The van der Waals surface area contributed by atoms with Crippen molar-refractivity contribution >= 4 is 19.8 Å². The number of guanidine groups is 1. The third kappa shape index (κ3) is 6.45. The fraction of sp³-hybridized carbons (Fsp3) is 0.667. The van der Waals surface area contributed by atoms with Gasteiger partial charge in [-0.25, -0.2) is 0 Å². The Balaban J connectivity index is 3.41. The summed E-state index contributed by atoms with van der Waals surface area (Å²) in [5.41, 5.74) is 5.32. The van der Waals surface area contributed by atoms with Crippen LogP contribution >= 0.6 is 8.38 Å². The van der Waals surface area contributed by atoms with Crippen LogP contribution in [0, 0.1) is 5.41 Å². The molecule has 0 amide bonds. The zero-order chi connectivity index (χ0) is 10.3. The molecule has 0 aliphatic heterocycles. The summed E-state index contributed by atoms with van der Waals surface area (Å²) >= 11 is 0. The highest BCUT2D eigenvalue weighted by Gasteiger charge is 2.06. The van der Waals surface area contributed by atoms with E-state index in [0.29, 0.717) is 25.3 Å². The molecule has 0 saturated heterocycles. The zero-order valence-electron chi connectivity index (χ0n) is 7.49. The van der Waals surface area contributed by atoms with E-state index in [-0.39, 0.29) is 5.45 Å². The lowest BCUT2D eigenvalue weighted by molar-refractivity contribution is 0.498. The molecule has 6 N–H and O–H groups in total. The lowest BCUT2D eigenvalue weighted by Crippen LogP contribution is -2.32. The number of nitrogens with one attached hydrogen (secondary N) is 2. The molecule has 0 aromatic heterocycles. The maximum Gasteiger partial charge on any atom is 0.214 e. The fourth-order valence-electron chi connectivity index (χ4n) is 0.651. The maximum absolute atomic E-state index is 8.60. The average molecular weight is 206 g/mol. The summed E-state index contributed by atoms with van der Waals surface area (Å²) in [6.07, 6.45) is 0.998. The molecule has 0 unspecified atom stereocenters. The highest BCUT2D eigenvalue weighted by atomic mass is 31.2. The van der Waals surface area contributed by atoms with E-state index >= 15 is 0 Å². The van der Waals surface area contributed by atoms with Crippen molar-refractivity contribution in [1.82, 2.24) is 5.32 Å². The Bertz CT molecular complexity index is 195. The fourth-order valence-corrected chi connectivity index (χ4v) is 1.01. The molecule has 0 spiro atoms. The molecule has 0 bridgehead atoms. The lowest BCUT2D eigenvalue weighted by atomic mass is 10.3. The second-order valence-electron chi connectivity index (χ2n) is 2.38. The predicted octanol–water partition coefficient (Wildman–Crippen LogP) is -0.426. The van der Waals surface area contributed by atoms with E-state index in [1.54, 1.807) is 7.05 Å². The highest BCUT2D eigenvalue weighted by molar-refractivity contribution is 7.64. The van der Waals surface area contributed by atoms with Gasteiger partial charge in [0.25, 0.3) is 0 Å². The lowest BCUT2D eigenvalue weighted by Gasteiger charge is -2.05. The van der Waals surface area contributed by atoms with Gasteiger partial charge in [-0.05, 0) is 12.8 Å². The normalized spacial score (nSPS) is 11.8. The van der Waals surface area contributed by atoms with E-state index in [9.17, 15) is 0 Å². The van der Waals surface area contributed by atoms with E-state index < -0.39 is 8.38 Å². The quantitative estimate of drug-likeness (QED) is 0.182. The van der Waals surface area contributed by atoms with Gasteiger partial charge in [0.15, 0.2) is 5.96 Å². The molecule has 0 rings (SSSR count). The molecule has 0 aromatic rings. The van der Waals surface area contributed by atoms with Gasteiger partial charge in [0, 0.05) is 13.6 Å². The van der Waals surface area contributed by atoms with Gasteiger partial charge < -0.3 is 26.2 Å². The molecule has 13 heavy (non-hydrogen) atoms. The molecular formula is C6H15N4O2P. The predicted molar refractivity (Wildman–Crippen MR) is 53.9 cm³/mol. The first kappa shape index (κ1) is 12.3. The van der Waals surface area contributed by atoms with Crippen molar-refractivity contribution in [3.8, 4) is 0 Å². The Hall–Kier alpha value is -0.710. The van der Waals surface area contributed by atoms with Gasteiger partial charge in [-0.3, -0.25) is 4.99 Å². The van der Waals surface area contributed by atoms with E-state index in [1.165, 1.54) is 0 Å². The second-order valence-corrected chi connectivity index (χ2v) is 3.49. The first-order valence-electron chi connectivity index (χ1n) is 3.79. The van der Waals surface area contributed by atoms with Crippen molar-refractivity contribution in [3.05, 3.63) is 0 Å². The largest absolute Gasteiger partial charge is 0.370 e. The van der Waals surface area contributed by atoms with Crippen LogP contribution in [0.25, 0.3) is 0 Å². The molecule has 0 fully saturated rings. The van der Waals surface area contributed by atoms with E-state index in [2.05, 4.69) is 10.3 Å². The van der Waals surface area contributed by atoms with Crippen LogP contribution in [-0.4, -0.2) is 34.8 Å². The Morgan fingerprint density at radius 3 is 2.69 bits per heavy atom. The van der Waals surface area contributed by atoms with Crippen molar-refractivity contribution in [2.75, 3.05) is 13.6 Å². The standard InChI is InChI=1S/C6H15N4O2P/c1-9-6(8)10-4-2-3-5(7)13(11)12/h7,11-12H,2-4H2,1H3,(H3,8,9,10). The number of rotatable bonds is 5. The van der Waals surface area contributed by atoms with Crippen molar-refractivity contribution < 1.29 is 9.79 Å². The van der Waals surface area contributed by atoms with Gasteiger partial charge in [-0.1, -0.05) is 0 Å². The molecule has 0 saturated carbocycles. The Morgan fingerprint density at radius 1 is 1.62 bits per heavy atom. The van der Waals surface area contributed by atoms with Crippen LogP contribution in [0.2, 0.25) is 0 Å². The first-order valence-corrected chi connectivity index (χ1v) is 5.04. The first-order chi connectivity index (χ1) is 6.07. The summed E-state index contributed by atoms with van der Waals surface area (Å²) in [5.74, 6) is 0.349. The Kier molecular flexibility index (Phi) is 6.40. The number of nitrogens with zero attached hydrogens (tertiary/aromatic N) is 1. The van der Waals surface area contributed by atoms with Crippen LogP contribution in [-0.2, 0) is 0 Å². The van der Waals surface area contributed by atoms with Crippen LogP contribution in [0.1, 0.15) is 12.8 Å². The van der Waals surface area contributed by atoms with Gasteiger partial charge >= 0.3 is 0 Å². The van der Waals surface area contributed by atoms with Gasteiger partial charge in [0.1, 0.15) is 0 Å². The molecule has 6 nitrogen and oxygen atoms in total. The van der Waals surface area contributed by atoms with Crippen molar-refractivity contribution in [2.24, 2.45) is 10.7 Å². The SMILES string of the molecule is CN=C(N)NCCCC(=N)P(O)O. The summed E-state index contributed by atoms with van der Waals surface area (Å²) in [4.78, 5) is 20.9. The molecule has 7 heteroatoms. The third-order valence-electron chi connectivity index (χ3n) is 1.38. The topological polar surface area (TPSA) is 115 Å². The smallest absolute Gasteiger partial charge is 0.214 e. The van der Waals surface area contributed by atoms with Gasteiger partial charge in [0.05, 0.1) is 5.45 Å². The Labute approximate surface area is 78.3 Å². The molecule has 0 heterocycles. The van der Waals surface area contributed by atoms with E-state index in [1.807, 2.05) is 0 Å². The summed E-state index contributed by atoms with van der Waals surface area (Å²) < 4.78 is 0. The number of hydrogen-bond donors (Lipinski definition) is 5. The number of aliphatic imine (C=N–C) groups is 1. The van der Waals surface area contributed by atoms with Crippen molar-refractivity contribution in [3.63, 3.8) is 0 Å². The summed E-state index contributed by atoms with van der Waals surface area (Å²) in [6.45, 7) is 0.578. The zero-order valence-corrected chi connectivity index (χ0v) is 8.38. The number of hydrogen-bond acceptors (Lipinski definition) is 4. The minimum Gasteiger partial charge on any atom is -0.370 e. The van der Waals surface area contributed by atoms with Crippen LogP contribution < -0.4 is 11.1 Å². The molecule has 0 aliphatic carbocycles. The third-order valence-corrected chi connectivity index (χ3v) is 2.09.